The van der Waals surface area contributed by atoms with Crippen molar-refractivity contribution in [1.82, 2.24) is 4.72 Å². The van der Waals surface area contributed by atoms with Crippen molar-refractivity contribution >= 4 is 26.8 Å². The van der Waals surface area contributed by atoms with Gasteiger partial charge in [-0.3, -0.25) is 4.79 Å². The average Bonchev–Trinajstić information content (AvgIpc) is 2.52. The lowest BCUT2D eigenvalue weighted by Crippen LogP contribution is -2.41. The van der Waals surface area contributed by atoms with Gasteiger partial charge in [0.05, 0.1) is 12.0 Å². The first-order valence-electron chi connectivity index (χ1n) is 7.57. The van der Waals surface area contributed by atoms with Gasteiger partial charge in [0.2, 0.25) is 10.0 Å². The number of hydrogen-bond acceptors (Lipinski definition) is 4. The number of sulfonamides is 1. The number of hydrogen-bond donors (Lipinski definition) is 2. The fourth-order valence-corrected chi connectivity index (χ4v) is 3.99. The molecule has 2 N–H and O–H groups in total. The maximum absolute atomic E-state index is 12.7. The molecule has 2 aromatic rings. The number of benzene rings is 2. The van der Waals surface area contributed by atoms with Crippen LogP contribution in [0.2, 0.25) is 0 Å². The number of ether oxygens (including phenoxy) is 1. The number of carboxylic acids is 1. The van der Waals surface area contributed by atoms with Gasteiger partial charge in [-0.25, -0.2) is 8.42 Å². The van der Waals surface area contributed by atoms with Gasteiger partial charge in [-0.05, 0) is 24.5 Å². The first-order valence-corrected chi connectivity index (χ1v) is 9.05. The number of nitrogens with one attached hydrogen (secondary N) is 1. The van der Waals surface area contributed by atoms with E-state index >= 15 is 0 Å². The molecule has 7 heteroatoms. The van der Waals surface area contributed by atoms with Crippen molar-refractivity contribution in [3.63, 3.8) is 0 Å². The smallest absolute Gasteiger partial charge is 0.321 e. The zero-order chi connectivity index (χ0) is 17.9. The van der Waals surface area contributed by atoms with Gasteiger partial charge in [-0.15, -0.1) is 0 Å². The van der Waals surface area contributed by atoms with Crippen LogP contribution in [0.3, 0.4) is 0 Å². The third kappa shape index (κ3) is 3.85. The standard InChI is InChI=1S/C17H21NO5S/c1-11(2)10-14(17(19)20)18-24(21,22)16-9-8-15(23-3)12-6-4-5-7-13(12)16/h4-9,11,14,18H,10H2,1-3H3,(H,19,20). The molecule has 0 fully saturated rings. The molecule has 1 atom stereocenters. The van der Waals surface area contributed by atoms with E-state index in [1.807, 2.05) is 13.8 Å². The first kappa shape index (κ1) is 18.2. The van der Waals surface area contributed by atoms with Crippen LogP contribution in [-0.2, 0) is 14.8 Å². The minimum Gasteiger partial charge on any atom is -0.496 e. The van der Waals surface area contributed by atoms with Gasteiger partial charge in [-0.2, -0.15) is 4.72 Å². The van der Waals surface area contributed by atoms with Crippen LogP contribution in [-0.4, -0.2) is 32.6 Å². The normalized spacial score (nSPS) is 13.2. The van der Waals surface area contributed by atoms with E-state index in [0.717, 1.165) is 0 Å². The summed E-state index contributed by atoms with van der Waals surface area (Å²) in [6.45, 7) is 3.68. The summed E-state index contributed by atoms with van der Waals surface area (Å²) in [5, 5.41) is 10.4. The van der Waals surface area contributed by atoms with Gasteiger partial charge in [0.15, 0.2) is 0 Å². The Hall–Kier alpha value is -2.12. The summed E-state index contributed by atoms with van der Waals surface area (Å²) < 4.78 is 33.0. The Labute approximate surface area is 141 Å². The molecule has 1 unspecified atom stereocenters. The first-order chi connectivity index (χ1) is 11.3. The summed E-state index contributed by atoms with van der Waals surface area (Å²) in [5.41, 5.74) is 0. The minimum absolute atomic E-state index is 0.0360. The van der Waals surface area contributed by atoms with Gasteiger partial charge >= 0.3 is 5.97 Å². The van der Waals surface area contributed by atoms with Crippen molar-refractivity contribution in [3.8, 4) is 5.75 Å². The number of carbonyl (C=O) groups is 1. The van der Waals surface area contributed by atoms with Crippen LogP contribution in [0.15, 0.2) is 41.3 Å². The molecule has 0 bridgehead atoms. The molecule has 0 amide bonds. The minimum atomic E-state index is -3.99. The van der Waals surface area contributed by atoms with E-state index in [0.29, 0.717) is 16.5 Å². The molecule has 0 aliphatic carbocycles. The van der Waals surface area contributed by atoms with Crippen LogP contribution in [0, 0.1) is 5.92 Å². The van der Waals surface area contributed by atoms with Crippen LogP contribution in [0.25, 0.3) is 10.8 Å². The van der Waals surface area contributed by atoms with Crippen LogP contribution in [0.4, 0.5) is 0 Å². The Morgan fingerprint density at radius 3 is 2.33 bits per heavy atom. The average molecular weight is 351 g/mol. The molecule has 0 radical (unpaired) electrons. The Balaban J connectivity index is 2.50. The van der Waals surface area contributed by atoms with E-state index < -0.39 is 22.0 Å². The summed E-state index contributed by atoms with van der Waals surface area (Å²) >= 11 is 0. The third-order valence-corrected chi connectivity index (χ3v) is 5.19. The molecule has 130 valence electrons. The zero-order valence-electron chi connectivity index (χ0n) is 13.8. The lowest BCUT2D eigenvalue weighted by molar-refractivity contribution is -0.139. The van der Waals surface area contributed by atoms with E-state index in [2.05, 4.69) is 4.72 Å². The molecule has 2 aromatic carbocycles. The van der Waals surface area contributed by atoms with E-state index in [-0.39, 0.29) is 17.2 Å². The summed E-state index contributed by atoms with van der Waals surface area (Å²) in [6, 6.07) is 8.76. The highest BCUT2D eigenvalue weighted by atomic mass is 32.2. The molecule has 0 spiro atoms. The second kappa shape index (κ2) is 7.19. The van der Waals surface area contributed by atoms with Crippen molar-refractivity contribution < 1.29 is 23.1 Å². The van der Waals surface area contributed by atoms with Crippen LogP contribution in [0.1, 0.15) is 20.3 Å². The maximum Gasteiger partial charge on any atom is 0.321 e. The number of rotatable bonds is 7. The lowest BCUT2D eigenvalue weighted by Gasteiger charge is -2.18. The summed E-state index contributed by atoms with van der Waals surface area (Å²) in [4.78, 5) is 11.4. The lowest BCUT2D eigenvalue weighted by atomic mass is 10.1. The Kier molecular flexibility index (Phi) is 5.46. The second-order valence-electron chi connectivity index (χ2n) is 5.95. The van der Waals surface area contributed by atoms with Gasteiger partial charge < -0.3 is 9.84 Å². The zero-order valence-corrected chi connectivity index (χ0v) is 14.6. The molecule has 0 aliphatic rings. The maximum atomic E-state index is 12.7. The van der Waals surface area contributed by atoms with E-state index in [1.165, 1.54) is 13.2 Å². The van der Waals surface area contributed by atoms with Crippen molar-refractivity contribution in [2.45, 2.75) is 31.2 Å². The predicted molar refractivity (Wildman–Crippen MR) is 91.7 cm³/mol. The summed E-state index contributed by atoms with van der Waals surface area (Å²) in [6.07, 6.45) is 0.211. The molecule has 0 aliphatic heterocycles. The van der Waals surface area contributed by atoms with Crippen LogP contribution < -0.4 is 9.46 Å². The van der Waals surface area contributed by atoms with Crippen LogP contribution in [0.5, 0.6) is 5.75 Å². The van der Waals surface area contributed by atoms with E-state index in [1.54, 1.807) is 30.3 Å². The molecule has 0 saturated heterocycles. The number of carboxylic acid groups (broad SMARTS) is 1. The topological polar surface area (TPSA) is 92.7 Å². The fraction of sp³-hybridized carbons (Fsp3) is 0.353. The highest BCUT2D eigenvalue weighted by Gasteiger charge is 2.27. The highest BCUT2D eigenvalue weighted by Crippen LogP contribution is 2.31. The fourth-order valence-electron chi connectivity index (χ4n) is 2.58. The summed E-state index contributed by atoms with van der Waals surface area (Å²) in [5.74, 6) is -0.590. The van der Waals surface area contributed by atoms with Gasteiger partial charge in [-0.1, -0.05) is 38.1 Å². The molecule has 24 heavy (non-hydrogen) atoms. The largest absolute Gasteiger partial charge is 0.496 e. The molecular formula is C17H21NO5S. The Bertz CT molecular complexity index is 845. The summed E-state index contributed by atoms with van der Waals surface area (Å²) in [7, 11) is -2.48. The van der Waals surface area contributed by atoms with Crippen molar-refractivity contribution in [1.29, 1.82) is 0 Å². The molecule has 0 heterocycles. The predicted octanol–water partition coefficient (Wildman–Crippen LogP) is 2.63. The van der Waals surface area contributed by atoms with E-state index in [4.69, 9.17) is 4.74 Å². The molecule has 0 aromatic heterocycles. The van der Waals surface area contributed by atoms with Gasteiger partial charge in [0, 0.05) is 10.8 Å². The van der Waals surface area contributed by atoms with Crippen molar-refractivity contribution in [2.24, 2.45) is 5.92 Å². The van der Waals surface area contributed by atoms with Gasteiger partial charge in [0.1, 0.15) is 11.8 Å². The number of fused-ring (bicyclic) bond motifs is 1. The Morgan fingerprint density at radius 1 is 1.17 bits per heavy atom. The quantitative estimate of drug-likeness (QED) is 0.800. The van der Waals surface area contributed by atoms with Crippen molar-refractivity contribution in [3.05, 3.63) is 36.4 Å². The molecule has 6 nitrogen and oxygen atoms in total. The monoisotopic (exact) mass is 351 g/mol. The van der Waals surface area contributed by atoms with Crippen molar-refractivity contribution in [2.75, 3.05) is 7.11 Å². The SMILES string of the molecule is COc1ccc(S(=O)(=O)NC(CC(C)C)C(=O)O)c2ccccc12. The highest BCUT2D eigenvalue weighted by molar-refractivity contribution is 7.89. The van der Waals surface area contributed by atoms with Gasteiger partial charge in [0.25, 0.3) is 0 Å². The molecule has 2 rings (SSSR count). The Morgan fingerprint density at radius 2 is 1.79 bits per heavy atom. The third-order valence-electron chi connectivity index (χ3n) is 3.66. The van der Waals surface area contributed by atoms with E-state index in [9.17, 15) is 18.3 Å². The second-order valence-corrected chi connectivity index (χ2v) is 7.64. The van der Waals surface area contributed by atoms with Crippen LogP contribution >= 0.6 is 0 Å². The number of methoxy groups -OCH3 is 1. The molecular weight excluding hydrogens is 330 g/mol. The number of aliphatic carboxylic acids is 1. The molecule has 0 saturated carbocycles.